The Labute approximate surface area is 154 Å². The summed E-state index contributed by atoms with van der Waals surface area (Å²) >= 11 is 0. The smallest absolute Gasteiger partial charge is 0.229 e. The van der Waals surface area contributed by atoms with E-state index in [1.54, 1.807) is 7.11 Å². The first kappa shape index (κ1) is 19.4. The van der Waals surface area contributed by atoms with Crippen LogP contribution in [0, 0.1) is 0 Å². The number of amides is 1. The molecule has 26 heavy (non-hydrogen) atoms. The van der Waals surface area contributed by atoms with Crippen molar-refractivity contribution in [1.29, 1.82) is 0 Å². The Hall–Kier alpha value is -2.90. The summed E-state index contributed by atoms with van der Waals surface area (Å²) in [5, 5.41) is 2.87. The second-order valence-electron chi connectivity index (χ2n) is 6.27. The molecule has 0 atom stereocenters. The Bertz CT molecular complexity index is 705. The van der Waals surface area contributed by atoms with Crippen LogP contribution in [0.15, 0.2) is 24.3 Å². The number of nitrogens with zero attached hydrogens (tertiary/aromatic N) is 5. The van der Waals surface area contributed by atoms with Crippen molar-refractivity contribution < 1.29 is 9.53 Å². The monoisotopic (exact) mass is 358 g/mol. The number of ether oxygens (including phenoxy) is 1. The van der Waals surface area contributed by atoms with Crippen molar-refractivity contribution in [3.05, 3.63) is 35.7 Å². The summed E-state index contributed by atoms with van der Waals surface area (Å²) in [6.07, 6.45) is 1.07. The Morgan fingerprint density at radius 1 is 1.00 bits per heavy atom. The molecule has 1 N–H and O–H groups in total. The van der Waals surface area contributed by atoms with E-state index in [0.717, 1.165) is 11.3 Å². The van der Waals surface area contributed by atoms with Gasteiger partial charge in [0.15, 0.2) is 5.82 Å². The van der Waals surface area contributed by atoms with Gasteiger partial charge in [0.1, 0.15) is 5.75 Å². The van der Waals surface area contributed by atoms with E-state index in [4.69, 9.17) is 4.74 Å². The molecular formula is C18H26N6O2. The lowest BCUT2D eigenvalue weighted by molar-refractivity contribution is -0.121. The highest BCUT2D eigenvalue weighted by atomic mass is 16.5. The average molecular weight is 358 g/mol. The molecule has 0 radical (unpaired) electrons. The fraction of sp³-hybridized carbons (Fsp3) is 0.444. The minimum absolute atomic E-state index is 0.0426. The van der Waals surface area contributed by atoms with Crippen LogP contribution in [-0.2, 0) is 17.8 Å². The zero-order chi connectivity index (χ0) is 19.1. The number of aromatic nitrogens is 3. The van der Waals surface area contributed by atoms with E-state index in [1.165, 1.54) is 0 Å². The van der Waals surface area contributed by atoms with E-state index in [-0.39, 0.29) is 12.5 Å². The lowest BCUT2D eigenvalue weighted by Gasteiger charge is -2.16. The van der Waals surface area contributed by atoms with Gasteiger partial charge in [-0.25, -0.2) is 0 Å². The van der Waals surface area contributed by atoms with Crippen molar-refractivity contribution in [3.63, 3.8) is 0 Å². The van der Waals surface area contributed by atoms with Crippen molar-refractivity contribution in [2.75, 3.05) is 45.1 Å². The maximum absolute atomic E-state index is 12.1. The van der Waals surface area contributed by atoms with Crippen LogP contribution < -0.4 is 19.9 Å². The van der Waals surface area contributed by atoms with Gasteiger partial charge in [0.2, 0.25) is 17.8 Å². The van der Waals surface area contributed by atoms with E-state index in [2.05, 4.69) is 20.3 Å². The minimum atomic E-state index is -0.0426. The molecule has 1 amide bonds. The summed E-state index contributed by atoms with van der Waals surface area (Å²) < 4.78 is 5.13. The molecule has 8 heteroatoms. The summed E-state index contributed by atoms with van der Waals surface area (Å²) in [5.41, 5.74) is 1.09. The molecule has 0 bridgehead atoms. The summed E-state index contributed by atoms with van der Waals surface area (Å²) in [6, 6.07) is 7.71. The molecule has 0 unspecified atom stereocenters. The zero-order valence-corrected chi connectivity index (χ0v) is 16.0. The highest BCUT2D eigenvalue weighted by molar-refractivity contribution is 5.76. The number of benzene rings is 1. The largest absolute Gasteiger partial charge is 0.497 e. The van der Waals surface area contributed by atoms with Gasteiger partial charge in [0, 0.05) is 34.6 Å². The fourth-order valence-corrected chi connectivity index (χ4v) is 2.19. The van der Waals surface area contributed by atoms with E-state index in [9.17, 15) is 4.79 Å². The number of rotatable bonds is 8. The Balaban J connectivity index is 1.91. The Morgan fingerprint density at radius 2 is 1.58 bits per heavy atom. The Morgan fingerprint density at radius 3 is 2.08 bits per heavy atom. The summed E-state index contributed by atoms with van der Waals surface area (Å²) in [5.74, 6) is 2.42. The summed E-state index contributed by atoms with van der Waals surface area (Å²) in [6.45, 7) is 0.269. The molecule has 140 valence electrons. The standard InChI is InChI=1S/C18H26N6O2/c1-23(2)17-20-15(21-18(22-17)24(3)4)12-19-16(25)11-8-13-6-9-14(26-5)10-7-13/h6-7,9-10H,8,11-12H2,1-5H3,(H,19,25). The molecule has 2 rings (SSSR count). The number of methoxy groups -OCH3 is 1. The number of carbonyl (C=O) groups is 1. The van der Waals surface area contributed by atoms with E-state index in [0.29, 0.717) is 30.6 Å². The lowest BCUT2D eigenvalue weighted by atomic mass is 10.1. The van der Waals surface area contributed by atoms with Gasteiger partial charge in [0.25, 0.3) is 0 Å². The van der Waals surface area contributed by atoms with Crippen molar-refractivity contribution in [3.8, 4) is 5.75 Å². The van der Waals surface area contributed by atoms with Crippen LogP contribution in [0.2, 0.25) is 0 Å². The second-order valence-corrected chi connectivity index (χ2v) is 6.27. The van der Waals surface area contributed by atoms with Gasteiger partial charge in [-0.2, -0.15) is 15.0 Å². The molecule has 0 aliphatic heterocycles. The fourth-order valence-electron chi connectivity index (χ4n) is 2.19. The van der Waals surface area contributed by atoms with Crippen molar-refractivity contribution in [2.45, 2.75) is 19.4 Å². The molecule has 1 aromatic heterocycles. The third kappa shape index (κ3) is 5.58. The third-order valence-electron chi connectivity index (χ3n) is 3.70. The van der Waals surface area contributed by atoms with E-state index in [1.807, 2.05) is 62.3 Å². The molecule has 0 aliphatic carbocycles. The van der Waals surface area contributed by atoms with Crippen LogP contribution in [-0.4, -0.2) is 56.2 Å². The van der Waals surface area contributed by atoms with E-state index < -0.39 is 0 Å². The third-order valence-corrected chi connectivity index (χ3v) is 3.70. The van der Waals surface area contributed by atoms with E-state index >= 15 is 0 Å². The molecular weight excluding hydrogens is 332 g/mol. The molecule has 0 fully saturated rings. The molecule has 0 aliphatic rings. The maximum Gasteiger partial charge on any atom is 0.229 e. The minimum Gasteiger partial charge on any atom is -0.497 e. The topological polar surface area (TPSA) is 83.5 Å². The van der Waals surface area contributed by atoms with Gasteiger partial charge in [-0.1, -0.05) is 12.1 Å². The van der Waals surface area contributed by atoms with Gasteiger partial charge < -0.3 is 19.9 Å². The molecule has 8 nitrogen and oxygen atoms in total. The highest BCUT2D eigenvalue weighted by Crippen LogP contribution is 2.13. The average Bonchev–Trinajstić information content (AvgIpc) is 2.64. The predicted molar refractivity (Wildman–Crippen MR) is 102 cm³/mol. The first-order valence-electron chi connectivity index (χ1n) is 8.38. The molecule has 1 heterocycles. The van der Waals surface area contributed by atoms with Crippen LogP contribution in [0.3, 0.4) is 0 Å². The normalized spacial score (nSPS) is 10.3. The summed E-state index contributed by atoms with van der Waals surface area (Å²) in [4.78, 5) is 28.8. The number of hydrogen-bond donors (Lipinski definition) is 1. The van der Waals surface area contributed by atoms with Gasteiger partial charge in [-0.3, -0.25) is 4.79 Å². The quantitative estimate of drug-likeness (QED) is 0.760. The van der Waals surface area contributed by atoms with Crippen LogP contribution in [0.5, 0.6) is 5.75 Å². The molecule has 1 aromatic carbocycles. The number of hydrogen-bond acceptors (Lipinski definition) is 7. The predicted octanol–water partition coefficient (Wildman–Crippen LogP) is 1.26. The van der Waals surface area contributed by atoms with Crippen LogP contribution in [0.4, 0.5) is 11.9 Å². The van der Waals surface area contributed by atoms with Crippen LogP contribution in [0.1, 0.15) is 17.8 Å². The zero-order valence-electron chi connectivity index (χ0n) is 16.0. The number of carbonyl (C=O) groups excluding carboxylic acids is 1. The molecule has 0 saturated carbocycles. The van der Waals surface area contributed by atoms with Gasteiger partial charge in [-0.15, -0.1) is 0 Å². The number of aryl methyl sites for hydroxylation is 1. The lowest BCUT2D eigenvalue weighted by Crippen LogP contribution is -2.26. The molecule has 0 spiro atoms. The highest BCUT2D eigenvalue weighted by Gasteiger charge is 2.11. The van der Waals surface area contributed by atoms with Crippen LogP contribution >= 0.6 is 0 Å². The number of nitrogens with one attached hydrogen (secondary N) is 1. The van der Waals surface area contributed by atoms with Gasteiger partial charge >= 0.3 is 0 Å². The van der Waals surface area contributed by atoms with Crippen molar-refractivity contribution in [1.82, 2.24) is 20.3 Å². The van der Waals surface area contributed by atoms with Gasteiger partial charge in [0.05, 0.1) is 13.7 Å². The second kappa shape index (κ2) is 8.98. The SMILES string of the molecule is COc1ccc(CCC(=O)NCc2nc(N(C)C)nc(N(C)C)n2)cc1. The van der Waals surface area contributed by atoms with Crippen LogP contribution in [0.25, 0.3) is 0 Å². The molecule has 2 aromatic rings. The van der Waals surface area contributed by atoms with Crippen molar-refractivity contribution >= 4 is 17.8 Å². The first-order chi connectivity index (χ1) is 12.4. The Kier molecular flexibility index (Phi) is 6.71. The van der Waals surface area contributed by atoms with Crippen molar-refractivity contribution in [2.24, 2.45) is 0 Å². The maximum atomic E-state index is 12.1. The molecule has 0 saturated heterocycles. The first-order valence-corrected chi connectivity index (χ1v) is 8.38. The summed E-state index contributed by atoms with van der Waals surface area (Å²) in [7, 11) is 9.10. The number of anilines is 2. The van der Waals surface area contributed by atoms with Gasteiger partial charge in [-0.05, 0) is 24.1 Å².